The molecule has 0 saturated heterocycles. The molecule has 0 aliphatic carbocycles. The molecule has 0 atom stereocenters. The van der Waals surface area contributed by atoms with E-state index in [4.69, 9.17) is 9.47 Å². The lowest BCUT2D eigenvalue weighted by Gasteiger charge is -2.12. The molecule has 0 unspecified atom stereocenters. The van der Waals surface area contributed by atoms with Crippen molar-refractivity contribution in [3.8, 4) is 11.5 Å². The van der Waals surface area contributed by atoms with E-state index in [0.29, 0.717) is 42.2 Å². The summed E-state index contributed by atoms with van der Waals surface area (Å²) in [5, 5.41) is 7.41. The summed E-state index contributed by atoms with van der Waals surface area (Å²) < 4.78 is 49.0. The first kappa shape index (κ1) is 26.3. The number of nitrogens with one attached hydrogen (secondary N) is 2. The van der Waals surface area contributed by atoms with E-state index in [1.54, 1.807) is 7.11 Å². The van der Waals surface area contributed by atoms with Gasteiger partial charge in [0.25, 0.3) is 0 Å². The minimum Gasteiger partial charge on any atom is -0.493 e. The molecule has 2 aromatic rings. The lowest BCUT2D eigenvalue weighted by Crippen LogP contribution is -2.36. The molecule has 1 heterocycles. The fraction of sp³-hybridized carbons (Fsp3) is 0.474. The minimum absolute atomic E-state index is 0. The topological polar surface area (TPSA) is 67.8 Å². The van der Waals surface area contributed by atoms with Gasteiger partial charge in [0.1, 0.15) is 5.01 Å². The van der Waals surface area contributed by atoms with Gasteiger partial charge in [-0.25, -0.2) is 9.98 Å². The summed E-state index contributed by atoms with van der Waals surface area (Å²) in [5.41, 5.74) is 0.0372. The Kier molecular flexibility index (Phi) is 11.2. The number of ether oxygens (including phenoxy) is 2. The highest BCUT2D eigenvalue weighted by Crippen LogP contribution is 2.30. The first-order valence-electron chi connectivity index (χ1n) is 9.20. The van der Waals surface area contributed by atoms with Crippen LogP contribution in [-0.4, -0.2) is 31.2 Å². The molecule has 0 amide bonds. The smallest absolute Gasteiger partial charge is 0.434 e. The molecule has 2 rings (SSSR count). The monoisotopic (exact) mass is 558 g/mol. The van der Waals surface area contributed by atoms with Crippen molar-refractivity contribution in [1.82, 2.24) is 15.6 Å². The van der Waals surface area contributed by atoms with Crippen LogP contribution >= 0.6 is 35.3 Å². The minimum atomic E-state index is -4.43. The van der Waals surface area contributed by atoms with Gasteiger partial charge in [-0.1, -0.05) is 13.0 Å². The number of nitrogens with zero attached hydrogens (tertiary/aromatic N) is 2. The van der Waals surface area contributed by atoms with Gasteiger partial charge in [-0.05, 0) is 31.0 Å². The summed E-state index contributed by atoms with van der Waals surface area (Å²) in [7, 11) is 1.58. The zero-order valence-corrected chi connectivity index (χ0v) is 20.2. The third-order valence-corrected chi connectivity index (χ3v) is 4.55. The van der Waals surface area contributed by atoms with E-state index in [1.807, 2.05) is 32.0 Å². The van der Waals surface area contributed by atoms with E-state index in [0.717, 1.165) is 28.7 Å². The SMILES string of the molecule is CCCOc1ccc(CN=C(NCC)NCc2nc(C(F)(F)F)cs2)cc1OC.I. The van der Waals surface area contributed by atoms with Crippen molar-refractivity contribution in [3.63, 3.8) is 0 Å². The van der Waals surface area contributed by atoms with Gasteiger partial charge in [0.15, 0.2) is 23.2 Å². The number of hydrogen-bond donors (Lipinski definition) is 2. The molecule has 1 aromatic carbocycles. The normalized spacial score (nSPS) is 11.6. The second-order valence-electron chi connectivity index (χ2n) is 6.01. The van der Waals surface area contributed by atoms with E-state index < -0.39 is 11.9 Å². The molecular formula is C19H26F3IN4O2S. The van der Waals surface area contributed by atoms with Crippen LogP contribution in [0, 0.1) is 0 Å². The van der Waals surface area contributed by atoms with Crippen LogP contribution in [0.25, 0.3) is 0 Å². The lowest BCUT2D eigenvalue weighted by atomic mass is 10.2. The summed E-state index contributed by atoms with van der Waals surface area (Å²) in [5.74, 6) is 1.80. The highest BCUT2D eigenvalue weighted by molar-refractivity contribution is 14.0. The Morgan fingerprint density at radius 3 is 2.57 bits per heavy atom. The quantitative estimate of drug-likeness (QED) is 0.262. The second-order valence-corrected chi connectivity index (χ2v) is 6.95. The summed E-state index contributed by atoms with van der Waals surface area (Å²) in [6, 6.07) is 5.60. The molecule has 0 aliphatic rings. The van der Waals surface area contributed by atoms with Gasteiger partial charge in [-0.3, -0.25) is 0 Å². The van der Waals surface area contributed by atoms with E-state index in [2.05, 4.69) is 20.6 Å². The van der Waals surface area contributed by atoms with E-state index in [-0.39, 0.29) is 30.5 Å². The Balaban J connectivity index is 0.00000450. The maximum absolute atomic E-state index is 12.7. The highest BCUT2D eigenvalue weighted by Gasteiger charge is 2.33. The molecule has 2 N–H and O–H groups in total. The molecule has 1 aromatic heterocycles. The Labute approximate surface area is 195 Å². The maximum atomic E-state index is 12.7. The average molecular weight is 558 g/mol. The number of aromatic nitrogens is 1. The molecular weight excluding hydrogens is 532 g/mol. The molecule has 11 heteroatoms. The van der Waals surface area contributed by atoms with Gasteiger partial charge < -0.3 is 20.1 Å². The number of guanidine groups is 1. The summed E-state index contributed by atoms with van der Waals surface area (Å²) in [4.78, 5) is 8.08. The lowest BCUT2D eigenvalue weighted by molar-refractivity contribution is -0.140. The standard InChI is InChI=1S/C19H25F3N4O2S.HI/c1-4-8-28-14-7-6-13(9-15(14)27-3)10-24-18(23-5-2)25-11-17-26-16(12-29-17)19(20,21)22;/h6-7,9,12H,4-5,8,10-11H2,1-3H3,(H2,23,24,25);1H. The Hall–Kier alpha value is -1.76. The second kappa shape index (κ2) is 12.8. The van der Waals surface area contributed by atoms with Crippen LogP contribution in [0.2, 0.25) is 0 Å². The van der Waals surface area contributed by atoms with Crippen LogP contribution in [0.5, 0.6) is 11.5 Å². The number of halogens is 4. The number of thiazole rings is 1. The van der Waals surface area contributed by atoms with Gasteiger partial charge in [0.2, 0.25) is 0 Å². The van der Waals surface area contributed by atoms with Crippen molar-refractivity contribution >= 4 is 41.3 Å². The van der Waals surface area contributed by atoms with Crippen LogP contribution < -0.4 is 20.1 Å². The summed E-state index contributed by atoms with van der Waals surface area (Å²) in [6.07, 6.45) is -3.53. The first-order chi connectivity index (χ1) is 13.9. The average Bonchev–Trinajstić information content (AvgIpc) is 3.18. The number of hydrogen-bond acceptors (Lipinski definition) is 5. The molecule has 0 spiro atoms. The largest absolute Gasteiger partial charge is 0.493 e. The summed E-state index contributed by atoms with van der Waals surface area (Å²) in [6.45, 7) is 5.68. The van der Waals surface area contributed by atoms with Crippen LogP contribution in [-0.2, 0) is 19.3 Å². The molecule has 0 aliphatic heterocycles. The van der Waals surface area contributed by atoms with Gasteiger partial charge >= 0.3 is 6.18 Å². The highest BCUT2D eigenvalue weighted by atomic mass is 127. The molecule has 0 bridgehead atoms. The van der Waals surface area contributed by atoms with Crippen LogP contribution in [0.1, 0.15) is 36.5 Å². The van der Waals surface area contributed by atoms with Gasteiger partial charge in [0, 0.05) is 11.9 Å². The zero-order valence-electron chi connectivity index (χ0n) is 17.0. The third-order valence-electron chi connectivity index (χ3n) is 3.70. The molecule has 6 nitrogen and oxygen atoms in total. The van der Waals surface area contributed by atoms with Gasteiger partial charge in [-0.2, -0.15) is 13.2 Å². The maximum Gasteiger partial charge on any atom is 0.434 e. The number of aliphatic imine (C=N–C) groups is 1. The van der Waals surface area contributed by atoms with Crippen molar-refractivity contribution in [2.24, 2.45) is 4.99 Å². The zero-order chi connectivity index (χ0) is 21.3. The number of benzene rings is 1. The molecule has 30 heavy (non-hydrogen) atoms. The van der Waals surface area contributed by atoms with E-state index in [9.17, 15) is 13.2 Å². The Morgan fingerprint density at radius 1 is 1.20 bits per heavy atom. The molecule has 0 fully saturated rings. The predicted molar refractivity (Wildman–Crippen MR) is 123 cm³/mol. The fourth-order valence-corrected chi connectivity index (χ4v) is 3.08. The predicted octanol–water partition coefficient (Wildman–Crippen LogP) is 4.83. The van der Waals surface area contributed by atoms with E-state index >= 15 is 0 Å². The molecule has 168 valence electrons. The number of methoxy groups -OCH3 is 1. The van der Waals surface area contributed by atoms with Crippen molar-refractivity contribution in [3.05, 3.63) is 39.8 Å². The molecule has 0 saturated carbocycles. The van der Waals surface area contributed by atoms with Gasteiger partial charge in [-0.15, -0.1) is 35.3 Å². The Morgan fingerprint density at radius 2 is 1.97 bits per heavy atom. The fourth-order valence-electron chi connectivity index (χ4n) is 2.34. The van der Waals surface area contributed by atoms with Crippen LogP contribution in [0.4, 0.5) is 13.2 Å². The summed E-state index contributed by atoms with van der Waals surface area (Å²) >= 11 is 0.957. The Bertz CT molecular complexity index is 815. The van der Waals surface area contributed by atoms with Crippen molar-refractivity contribution in [2.45, 2.75) is 39.5 Å². The molecule has 0 radical (unpaired) electrons. The van der Waals surface area contributed by atoms with Crippen molar-refractivity contribution in [2.75, 3.05) is 20.3 Å². The van der Waals surface area contributed by atoms with Crippen LogP contribution in [0.15, 0.2) is 28.6 Å². The van der Waals surface area contributed by atoms with Gasteiger partial charge in [0.05, 0.1) is 26.8 Å². The van der Waals surface area contributed by atoms with Crippen molar-refractivity contribution < 1.29 is 22.6 Å². The number of alkyl halides is 3. The third kappa shape index (κ3) is 8.17. The van der Waals surface area contributed by atoms with E-state index in [1.165, 1.54) is 0 Å². The number of rotatable bonds is 9. The first-order valence-corrected chi connectivity index (χ1v) is 10.1. The van der Waals surface area contributed by atoms with Crippen molar-refractivity contribution in [1.29, 1.82) is 0 Å². The van der Waals surface area contributed by atoms with Crippen LogP contribution in [0.3, 0.4) is 0 Å².